The standard InChI is InChI=1S/C17H21N3O2/c1-22-16(14-7-3-2-4-8-14)17(21)19-11-5-9-15(13-19)20-12-6-10-18-20/h2-4,6-8,10,12,15-16H,5,9,11,13H2,1H3/t15-,16+/m0/s1. The van der Waals surface area contributed by atoms with Gasteiger partial charge in [0.15, 0.2) is 6.10 Å². The van der Waals surface area contributed by atoms with E-state index < -0.39 is 6.10 Å². The Bertz CT molecular complexity index is 598. The molecule has 0 saturated carbocycles. The molecule has 1 aliphatic rings. The fraction of sp³-hybridized carbons (Fsp3) is 0.412. The first-order chi connectivity index (χ1) is 10.8. The fourth-order valence-corrected chi connectivity index (χ4v) is 3.04. The van der Waals surface area contributed by atoms with Crippen molar-refractivity contribution in [3.8, 4) is 0 Å². The van der Waals surface area contributed by atoms with E-state index in [1.54, 1.807) is 13.3 Å². The Kier molecular flexibility index (Phi) is 4.53. The highest BCUT2D eigenvalue weighted by molar-refractivity contribution is 5.82. The van der Waals surface area contributed by atoms with Crippen molar-refractivity contribution < 1.29 is 9.53 Å². The van der Waals surface area contributed by atoms with Gasteiger partial charge >= 0.3 is 0 Å². The molecule has 0 aliphatic carbocycles. The van der Waals surface area contributed by atoms with Gasteiger partial charge in [-0.1, -0.05) is 30.3 Å². The van der Waals surface area contributed by atoms with Crippen molar-refractivity contribution in [2.45, 2.75) is 25.0 Å². The van der Waals surface area contributed by atoms with Gasteiger partial charge in [0.05, 0.1) is 6.04 Å². The fourth-order valence-electron chi connectivity index (χ4n) is 3.04. The second kappa shape index (κ2) is 6.75. The summed E-state index contributed by atoms with van der Waals surface area (Å²) in [6, 6.07) is 11.8. The van der Waals surface area contributed by atoms with Crippen LogP contribution in [0.1, 0.15) is 30.6 Å². The number of nitrogens with zero attached hydrogens (tertiary/aromatic N) is 3. The molecule has 116 valence electrons. The maximum Gasteiger partial charge on any atom is 0.256 e. The van der Waals surface area contributed by atoms with E-state index in [9.17, 15) is 4.79 Å². The van der Waals surface area contributed by atoms with Crippen LogP contribution in [-0.4, -0.2) is 40.8 Å². The predicted octanol–water partition coefficient (Wildman–Crippen LogP) is 2.43. The normalized spacial score (nSPS) is 19.9. The largest absolute Gasteiger partial charge is 0.367 e. The third kappa shape index (κ3) is 3.04. The topological polar surface area (TPSA) is 47.4 Å². The van der Waals surface area contributed by atoms with Gasteiger partial charge in [0, 0.05) is 32.6 Å². The summed E-state index contributed by atoms with van der Waals surface area (Å²) in [5, 5.41) is 4.30. The Balaban J connectivity index is 1.73. The molecule has 0 unspecified atom stereocenters. The first kappa shape index (κ1) is 14.8. The van der Waals surface area contributed by atoms with E-state index >= 15 is 0 Å². The molecule has 0 spiro atoms. The van der Waals surface area contributed by atoms with Crippen LogP contribution in [0.2, 0.25) is 0 Å². The van der Waals surface area contributed by atoms with Crippen LogP contribution in [0.15, 0.2) is 48.8 Å². The number of aromatic nitrogens is 2. The Morgan fingerprint density at radius 2 is 2.14 bits per heavy atom. The zero-order chi connectivity index (χ0) is 15.4. The number of carbonyl (C=O) groups is 1. The minimum Gasteiger partial charge on any atom is -0.367 e. The second-order valence-corrected chi connectivity index (χ2v) is 5.59. The Labute approximate surface area is 130 Å². The van der Waals surface area contributed by atoms with Crippen molar-refractivity contribution >= 4 is 5.91 Å². The van der Waals surface area contributed by atoms with Gasteiger partial charge in [-0.15, -0.1) is 0 Å². The van der Waals surface area contributed by atoms with Gasteiger partial charge in [-0.3, -0.25) is 9.48 Å². The summed E-state index contributed by atoms with van der Waals surface area (Å²) in [5.74, 6) is 0.0329. The lowest BCUT2D eigenvalue weighted by atomic mass is 10.0. The molecule has 0 N–H and O–H groups in total. The van der Waals surface area contributed by atoms with Crippen molar-refractivity contribution in [2.75, 3.05) is 20.2 Å². The van der Waals surface area contributed by atoms with Gasteiger partial charge < -0.3 is 9.64 Å². The SMILES string of the molecule is CO[C@@H](C(=O)N1CCC[C@H](n2cccn2)C1)c1ccccc1. The van der Waals surface area contributed by atoms with Gasteiger partial charge in [0.25, 0.3) is 5.91 Å². The molecule has 0 radical (unpaired) electrons. The molecule has 3 rings (SSSR count). The summed E-state index contributed by atoms with van der Waals surface area (Å²) in [5.41, 5.74) is 0.899. The highest BCUT2D eigenvalue weighted by Crippen LogP contribution is 2.25. The van der Waals surface area contributed by atoms with Crippen molar-refractivity contribution in [3.63, 3.8) is 0 Å². The number of hydrogen-bond donors (Lipinski definition) is 0. The molecule has 1 aromatic heterocycles. The molecule has 1 amide bonds. The molecular weight excluding hydrogens is 278 g/mol. The molecule has 2 heterocycles. The Morgan fingerprint density at radius 1 is 1.32 bits per heavy atom. The van der Waals surface area contributed by atoms with E-state index in [1.165, 1.54) is 0 Å². The molecule has 0 bridgehead atoms. The molecule has 1 fully saturated rings. The molecule has 5 nitrogen and oxygen atoms in total. The number of likely N-dealkylation sites (tertiary alicyclic amines) is 1. The van der Waals surface area contributed by atoms with Gasteiger partial charge in [0.2, 0.25) is 0 Å². The molecular formula is C17H21N3O2. The summed E-state index contributed by atoms with van der Waals surface area (Å²) < 4.78 is 7.41. The Hall–Kier alpha value is -2.14. The lowest BCUT2D eigenvalue weighted by molar-refractivity contribution is -0.144. The first-order valence-electron chi connectivity index (χ1n) is 7.65. The van der Waals surface area contributed by atoms with Gasteiger partial charge in [-0.2, -0.15) is 5.10 Å². The summed E-state index contributed by atoms with van der Waals surface area (Å²) >= 11 is 0. The number of benzene rings is 1. The Morgan fingerprint density at radius 3 is 2.82 bits per heavy atom. The van der Waals surface area contributed by atoms with E-state index in [1.807, 2.05) is 52.2 Å². The zero-order valence-electron chi connectivity index (χ0n) is 12.8. The minimum absolute atomic E-state index is 0.0329. The molecule has 5 heteroatoms. The van der Waals surface area contributed by atoms with E-state index in [0.29, 0.717) is 6.54 Å². The maximum atomic E-state index is 12.8. The molecule has 22 heavy (non-hydrogen) atoms. The molecule has 2 aromatic rings. The third-order valence-electron chi connectivity index (χ3n) is 4.17. The van der Waals surface area contributed by atoms with Gasteiger partial charge in [-0.25, -0.2) is 0 Å². The number of methoxy groups -OCH3 is 1. The maximum absolute atomic E-state index is 12.8. The van der Waals surface area contributed by atoms with Gasteiger partial charge in [-0.05, 0) is 24.5 Å². The zero-order valence-corrected chi connectivity index (χ0v) is 12.8. The number of piperidine rings is 1. The number of hydrogen-bond acceptors (Lipinski definition) is 3. The lowest BCUT2D eigenvalue weighted by Crippen LogP contribution is -2.43. The van der Waals surface area contributed by atoms with Crippen LogP contribution in [0.3, 0.4) is 0 Å². The number of ether oxygens (including phenoxy) is 1. The smallest absolute Gasteiger partial charge is 0.256 e. The quantitative estimate of drug-likeness (QED) is 0.871. The van der Waals surface area contributed by atoms with Crippen LogP contribution in [0.25, 0.3) is 0 Å². The molecule has 1 aromatic carbocycles. The summed E-state index contributed by atoms with van der Waals surface area (Å²) in [7, 11) is 1.59. The molecule has 1 saturated heterocycles. The first-order valence-corrected chi connectivity index (χ1v) is 7.65. The summed E-state index contributed by atoms with van der Waals surface area (Å²) in [6.07, 6.45) is 5.25. The van der Waals surface area contributed by atoms with Crippen LogP contribution in [-0.2, 0) is 9.53 Å². The highest BCUT2D eigenvalue weighted by Gasteiger charge is 2.30. The second-order valence-electron chi connectivity index (χ2n) is 5.59. The van der Waals surface area contributed by atoms with E-state index in [0.717, 1.165) is 24.9 Å². The van der Waals surface area contributed by atoms with Crippen molar-refractivity contribution in [1.82, 2.24) is 14.7 Å². The summed E-state index contributed by atoms with van der Waals surface area (Å²) in [6.45, 7) is 1.47. The van der Waals surface area contributed by atoms with Crippen LogP contribution >= 0.6 is 0 Å². The average molecular weight is 299 g/mol. The van der Waals surface area contributed by atoms with Crippen LogP contribution in [0, 0.1) is 0 Å². The number of rotatable bonds is 4. The van der Waals surface area contributed by atoms with Crippen molar-refractivity contribution in [1.29, 1.82) is 0 Å². The van der Waals surface area contributed by atoms with Gasteiger partial charge in [0.1, 0.15) is 0 Å². The number of carbonyl (C=O) groups excluding carboxylic acids is 1. The lowest BCUT2D eigenvalue weighted by Gasteiger charge is -2.34. The van der Waals surface area contributed by atoms with Crippen molar-refractivity contribution in [3.05, 3.63) is 54.4 Å². The molecule has 1 aliphatic heterocycles. The van der Waals surface area contributed by atoms with E-state index in [-0.39, 0.29) is 11.9 Å². The van der Waals surface area contributed by atoms with Crippen LogP contribution < -0.4 is 0 Å². The van der Waals surface area contributed by atoms with Crippen LogP contribution in [0.4, 0.5) is 0 Å². The van der Waals surface area contributed by atoms with E-state index in [2.05, 4.69) is 5.10 Å². The average Bonchev–Trinajstić information content (AvgIpc) is 3.11. The predicted molar refractivity (Wildman–Crippen MR) is 83.3 cm³/mol. The van der Waals surface area contributed by atoms with Crippen molar-refractivity contribution in [2.24, 2.45) is 0 Å². The van der Waals surface area contributed by atoms with Crippen LogP contribution in [0.5, 0.6) is 0 Å². The minimum atomic E-state index is -0.530. The number of amides is 1. The summed E-state index contributed by atoms with van der Waals surface area (Å²) in [4.78, 5) is 14.7. The third-order valence-corrected chi connectivity index (χ3v) is 4.17. The highest BCUT2D eigenvalue weighted by atomic mass is 16.5. The van der Waals surface area contributed by atoms with E-state index in [4.69, 9.17) is 4.74 Å². The monoisotopic (exact) mass is 299 g/mol. The molecule has 2 atom stereocenters.